The third-order valence-corrected chi connectivity index (χ3v) is 3.54. The van der Waals surface area contributed by atoms with Crippen molar-refractivity contribution < 1.29 is 4.79 Å². The molecule has 0 unspecified atom stereocenters. The number of amides is 2. The highest BCUT2D eigenvalue weighted by Gasteiger charge is 2.25. The maximum Gasteiger partial charge on any atom is 0.319 e. The lowest BCUT2D eigenvalue weighted by atomic mass is 10.1. The van der Waals surface area contributed by atoms with Crippen molar-refractivity contribution in [3.8, 4) is 0 Å². The van der Waals surface area contributed by atoms with Gasteiger partial charge in [0.2, 0.25) is 0 Å². The molecule has 1 aromatic heterocycles. The van der Waals surface area contributed by atoms with Crippen molar-refractivity contribution in [1.82, 2.24) is 19.6 Å². The quantitative estimate of drug-likeness (QED) is 0.858. The summed E-state index contributed by atoms with van der Waals surface area (Å²) in [6, 6.07) is 2.29. The van der Waals surface area contributed by atoms with E-state index in [2.05, 4.69) is 5.10 Å². The zero-order valence-electron chi connectivity index (χ0n) is 11.0. The standard InChI is InChI=1S/C12H21N5O/c1-3-15(2)12(18)16-7-4-10(5-8-16)17-9-6-11(13)14-17/h6,9-10H,3-5,7-8H2,1-2H3,(H2,13,14). The fourth-order valence-electron chi connectivity index (χ4n) is 2.25. The number of carbonyl (C=O) groups excluding carboxylic acids is 1. The lowest BCUT2D eigenvalue weighted by molar-refractivity contribution is 0.141. The van der Waals surface area contributed by atoms with Gasteiger partial charge < -0.3 is 15.5 Å². The molecule has 2 N–H and O–H groups in total. The van der Waals surface area contributed by atoms with Crippen LogP contribution in [-0.4, -0.2) is 52.3 Å². The summed E-state index contributed by atoms with van der Waals surface area (Å²) in [6.45, 7) is 4.30. The van der Waals surface area contributed by atoms with Crippen LogP contribution >= 0.6 is 0 Å². The van der Waals surface area contributed by atoms with Gasteiger partial charge in [-0.05, 0) is 25.8 Å². The molecule has 6 heteroatoms. The number of aromatic nitrogens is 2. The van der Waals surface area contributed by atoms with Crippen LogP contribution in [0.5, 0.6) is 0 Å². The summed E-state index contributed by atoms with van der Waals surface area (Å²) >= 11 is 0. The Morgan fingerprint density at radius 2 is 2.22 bits per heavy atom. The Labute approximate surface area is 107 Å². The number of nitrogens with zero attached hydrogens (tertiary/aromatic N) is 4. The molecule has 1 fully saturated rings. The lowest BCUT2D eigenvalue weighted by Crippen LogP contribution is -2.45. The SMILES string of the molecule is CCN(C)C(=O)N1CCC(n2ccc(N)n2)CC1. The van der Waals surface area contributed by atoms with Gasteiger partial charge >= 0.3 is 6.03 Å². The molecule has 1 aliphatic rings. The van der Waals surface area contributed by atoms with Crippen molar-refractivity contribution in [2.45, 2.75) is 25.8 Å². The molecule has 2 heterocycles. The number of rotatable bonds is 2. The Kier molecular flexibility index (Phi) is 3.74. The number of anilines is 1. The summed E-state index contributed by atoms with van der Waals surface area (Å²) in [5, 5.41) is 4.24. The molecular formula is C12H21N5O. The Balaban J connectivity index is 1.90. The molecule has 0 spiro atoms. The van der Waals surface area contributed by atoms with Gasteiger partial charge in [-0.25, -0.2) is 4.79 Å². The molecule has 1 aromatic rings. The molecule has 1 aliphatic heterocycles. The fourth-order valence-corrected chi connectivity index (χ4v) is 2.25. The van der Waals surface area contributed by atoms with Crippen LogP contribution in [0.15, 0.2) is 12.3 Å². The number of carbonyl (C=O) groups is 1. The summed E-state index contributed by atoms with van der Waals surface area (Å²) in [7, 11) is 1.84. The van der Waals surface area contributed by atoms with Gasteiger partial charge in [-0.1, -0.05) is 0 Å². The molecule has 2 rings (SSSR count). The van der Waals surface area contributed by atoms with Gasteiger partial charge in [-0.3, -0.25) is 4.68 Å². The number of likely N-dealkylation sites (tertiary alicyclic amines) is 1. The maximum absolute atomic E-state index is 12.0. The van der Waals surface area contributed by atoms with Gasteiger partial charge in [-0.2, -0.15) is 5.10 Å². The number of hydrogen-bond acceptors (Lipinski definition) is 3. The van der Waals surface area contributed by atoms with E-state index >= 15 is 0 Å². The highest BCUT2D eigenvalue weighted by molar-refractivity contribution is 5.74. The Morgan fingerprint density at radius 3 is 2.72 bits per heavy atom. The minimum atomic E-state index is 0.121. The molecule has 0 aromatic carbocycles. The van der Waals surface area contributed by atoms with E-state index in [0.29, 0.717) is 11.9 Å². The largest absolute Gasteiger partial charge is 0.382 e. The number of nitrogen functional groups attached to an aromatic ring is 1. The van der Waals surface area contributed by atoms with Crippen LogP contribution in [0.1, 0.15) is 25.8 Å². The van der Waals surface area contributed by atoms with Crippen LogP contribution in [0.2, 0.25) is 0 Å². The molecule has 0 aliphatic carbocycles. The second-order valence-electron chi connectivity index (χ2n) is 4.74. The van der Waals surface area contributed by atoms with E-state index < -0.39 is 0 Å². The van der Waals surface area contributed by atoms with E-state index in [0.717, 1.165) is 32.5 Å². The van der Waals surface area contributed by atoms with Crippen LogP contribution in [0.4, 0.5) is 10.6 Å². The zero-order valence-corrected chi connectivity index (χ0v) is 11.0. The van der Waals surface area contributed by atoms with Crippen LogP contribution in [0.25, 0.3) is 0 Å². The molecular weight excluding hydrogens is 230 g/mol. The normalized spacial score (nSPS) is 16.9. The molecule has 2 amide bonds. The summed E-state index contributed by atoms with van der Waals surface area (Å²) in [4.78, 5) is 15.6. The molecule has 0 saturated carbocycles. The summed E-state index contributed by atoms with van der Waals surface area (Å²) in [6.07, 6.45) is 3.78. The van der Waals surface area contributed by atoms with Gasteiger partial charge in [0.05, 0.1) is 6.04 Å². The van der Waals surface area contributed by atoms with Crippen LogP contribution in [-0.2, 0) is 0 Å². The Morgan fingerprint density at radius 1 is 1.56 bits per heavy atom. The Hall–Kier alpha value is -1.72. The van der Waals surface area contributed by atoms with Gasteiger partial charge in [0.1, 0.15) is 5.82 Å². The fraction of sp³-hybridized carbons (Fsp3) is 0.667. The molecule has 0 atom stereocenters. The number of hydrogen-bond donors (Lipinski definition) is 1. The number of nitrogens with two attached hydrogens (primary N) is 1. The van der Waals surface area contributed by atoms with Crippen molar-refractivity contribution >= 4 is 11.8 Å². The topological polar surface area (TPSA) is 67.4 Å². The maximum atomic E-state index is 12.0. The minimum Gasteiger partial charge on any atom is -0.382 e. The highest BCUT2D eigenvalue weighted by atomic mass is 16.2. The first-order chi connectivity index (χ1) is 8.61. The van der Waals surface area contributed by atoms with E-state index in [1.54, 1.807) is 4.90 Å². The predicted octanol–water partition coefficient (Wildman–Crippen LogP) is 1.17. The molecule has 6 nitrogen and oxygen atoms in total. The van der Waals surface area contributed by atoms with Gasteiger partial charge in [0.25, 0.3) is 0 Å². The van der Waals surface area contributed by atoms with E-state index in [4.69, 9.17) is 5.73 Å². The number of urea groups is 1. The van der Waals surface area contributed by atoms with Crippen molar-refractivity contribution in [1.29, 1.82) is 0 Å². The van der Waals surface area contributed by atoms with Gasteiger partial charge in [-0.15, -0.1) is 0 Å². The van der Waals surface area contributed by atoms with E-state index in [1.807, 2.05) is 35.8 Å². The third kappa shape index (κ3) is 2.57. The summed E-state index contributed by atoms with van der Waals surface area (Å²) in [5.41, 5.74) is 5.62. The smallest absolute Gasteiger partial charge is 0.319 e. The molecule has 18 heavy (non-hydrogen) atoms. The van der Waals surface area contributed by atoms with Crippen molar-refractivity contribution in [2.24, 2.45) is 0 Å². The third-order valence-electron chi connectivity index (χ3n) is 3.54. The first-order valence-corrected chi connectivity index (χ1v) is 6.42. The van der Waals surface area contributed by atoms with Crippen LogP contribution < -0.4 is 5.73 Å². The second-order valence-corrected chi connectivity index (χ2v) is 4.74. The zero-order chi connectivity index (χ0) is 13.1. The molecule has 1 saturated heterocycles. The lowest BCUT2D eigenvalue weighted by Gasteiger charge is -2.34. The predicted molar refractivity (Wildman–Crippen MR) is 70.2 cm³/mol. The minimum absolute atomic E-state index is 0.121. The van der Waals surface area contributed by atoms with E-state index in [-0.39, 0.29) is 6.03 Å². The first kappa shape index (κ1) is 12.7. The van der Waals surface area contributed by atoms with Gasteiger partial charge in [0.15, 0.2) is 0 Å². The molecule has 0 bridgehead atoms. The van der Waals surface area contributed by atoms with Crippen molar-refractivity contribution in [3.63, 3.8) is 0 Å². The van der Waals surface area contributed by atoms with Gasteiger partial charge in [0, 0.05) is 32.9 Å². The number of piperidine rings is 1. The molecule has 0 radical (unpaired) electrons. The first-order valence-electron chi connectivity index (χ1n) is 6.42. The Bertz CT molecular complexity index is 408. The van der Waals surface area contributed by atoms with Crippen molar-refractivity contribution in [3.05, 3.63) is 12.3 Å². The molecule has 100 valence electrons. The van der Waals surface area contributed by atoms with Crippen LogP contribution in [0.3, 0.4) is 0 Å². The van der Waals surface area contributed by atoms with E-state index in [1.165, 1.54) is 0 Å². The summed E-state index contributed by atoms with van der Waals surface area (Å²) < 4.78 is 1.92. The average Bonchev–Trinajstić information content (AvgIpc) is 2.84. The average molecular weight is 251 g/mol. The monoisotopic (exact) mass is 251 g/mol. The van der Waals surface area contributed by atoms with E-state index in [9.17, 15) is 4.79 Å². The summed E-state index contributed by atoms with van der Waals surface area (Å²) in [5.74, 6) is 0.555. The van der Waals surface area contributed by atoms with Crippen molar-refractivity contribution in [2.75, 3.05) is 32.4 Å². The van der Waals surface area contributed by atoms with Crippen LogP contribution in [0, 0.1) is 0 Å². The highest BCUT2D eigenvalue weighted by Crippen LogP contribution is 2.22. The second kappa shape index (κ2) is 5.29.